The maximum Gasteiger partial charge on any atom is 0.337 e. The fraction of sp³-hybridized carbons (Fsp3) is 0.100. The van der Waals surface area contributed by atoms with Gasteiger partial charge in [0.05, 0.1) is 11.8 Å². The van der Waals surface area contributed by atoms with Gasteiger partial charge in [-0.2, -0.15) is 5.10 Å². The fourth-order valence-electron chi connectivity index (χ4n) is 1.19. The molecule has 0 unspecified atom stereocenters. The fourth-order valence-corrected chi connectivity index (χ4v) is 1.19. The average Bonchev–Trinajstić information content (AvgIpc) is 2.65. The van der Waals surface area contributed by atoms with Crippen LogP contribution in [0.5, 0.6) is 0 Å². The lowest BCUT2D eigenvalue weighted by Crippen LogP contribution is -2.01. The maximum atomic E-state index is 10.6. The molecule has 0 saturated carbocycles. The number of rotatable bonds is 2. The monoisotopic (exact) mass is 203 g/mol. The second-order valence-corrected chi connectivity index (χ2v) is 3.17. The first-order chi connectivity index (χ1) is 7.16. The number of carbonyl (C=O) groups is 1. The lowest BCUT2D eigenvalue weighted by atomic mass is 10.3. The molecule has 0 aliphatic heterocycles. The van der Waals surface area contributed by atoms with Gasteiger partial charge in [0.2, 0.25) is 0 Å². The largest absolute Gasteiger partial charge is 0.478 e. The van der Waals surface area contributed by atoms with E-state index in [9.17, 15) is 4.79 Å². The van der Waals surface area contributed by atoms with E-state index < -0.39 is 5.97 Å². The minimum absolute atomic E-state index is 0.169. The van der Waals surface area contributed by atoms with Gasteiger partial charge in [0.15, 0.2) is 5.82 Å². The Labute approximate surface area is 86.0 Å². The van der Waals surface area contributed by atoms with Gasteiger partial charge in [-0.3, -0.25) is 0 Å². The van der Waals surface area contributed by atoms with Crippen molar-refractivity contribution in [3.05, 3.63) is 41.9 Å². The predicted octanol–water partition coefficient (Wildman–Crippen LogP) is 1.27. The van der Waals surface area contributed by atoms with E-state index in [1.54, 1.807) is 16.9 Å². The van der Waals surface area contributed by atoms with Crippen LogP contribution in [0.15, 0.2) is 30.7 Å². The number of nitrogens with zero attached hydrogens (tertiary/aromatic N) is 3. The van der Waals surface area contributed by atoms with E-state index in [1.165, 1.54) is 12.3 Å². The van der Waals surface area contributed by atoms with Crippen molar-refractivity contribution in [3.8, 4) is 5.82 Å². The highest BCUT2D eigenvalue weighted by atomic mass is 16.4. The summed E-state index contributed by atoms with van der Waals surface area (Å²) in [5.74, 6) is -0.376. The highest BCUT2D eigenvalue weighted by Gasteiger charge is 2.04. The molecule has 2 heterocycles. The van der Waals surface area contributed by atoms with Gasteiger partial charge in [0.1, 0.15) is 0 Å². The molecule has 0 aliphatic rings. The smallest absolute Gasteiger partial charge is 0.337 e. The van der Waals surface area contributed by atoms with E-state index in [-0.39, 0.29) is 5.56 Å². The van der Waals surface area contributed by atoms with E-state index >= 15 is 0 Å². The Hall–Kier alpha value is -2.17. The van der Waals surface area contributed by atoms with Crippen molar-refractivity contribution in [1.29, 1.82) is 0 Å². The molecule has 0 atom stereocenters. The van der Waals surface area contributed by atoms with Crippen LogP contribution >= 0.6 is 0 Å². The van der Waals surface area contributed by atoms with Crippen molar-refractivity contribution in [2.24, 2.45) is 0 Å². The lowest BCUT2D eigenvalue weighted by molar-refractivity contribution is 0.0696. The first-order valence-corrected chi connectivity index (χ1v) is 4.38. The van der Waals surface area contributed by atoms with Crippen LogP contribution in [0.25, 0.3) is 5.82 Å². The topological polar surface area (TPSA) is 68.0 Å². The molecule has 5 nitrogen and oxygen atoms in total. The molecule has 0 spiro atoms. The summed E-state index contributed by atoms with van der Waals surface area (Å²) in [5.41, 5.74) is 1.20. The molecule has 2 aromatic rings. The number of carboxylic acid groups (broad SMARTS) is 1. The van der Waals surface area contributed by atoms with Crippen LogP contribution in [0.3, 0.4) is 0 Å². The zero-order valence-electron chi connectivity index (χ0n) is 8.08. The van der Waals surface area contributed by atoms with Gasteiger partial charge in [-0.1, -0.05) is 0 Å². The third kappa shape index (κ3) is 1.85. The van der Waals surface area contributed by atoms with E-state index in [2.05, 4.69) is 10.1 Å². The third-order valence-electron chi connectivity index (χ3n) is 1.94. The van der Waals surface area contributed by atoms with E-state index in [1.807, 2.05) is 13.1 Å². The number of hydrogen-bond acceptors (Lipinski definition) is 3. The molecular formula is C10H9N3O2. The second-order valence-electron chi connectivity index (χ2n) is 3.17. The van der Waals surface area contributed by atoms with Gasteiger partial charge in [-0.25, -0.2) is 14.5 Å². The molecule has 0 radical (unpaired) electrons. The summed E-state index contributed by atoms with van der Waals surface area (Å²) in [6.07, 6.45) is 4.85. The van der Waals surface area contributed by atoms with Crippen molar-refractivity contribution in [3.63, 3.8) is 0 Å². The van der Waals surface area contributed by atoms with Crippen molar-refractivity contribution in [2.45, 2.75) is 6.92 Å². The summed E-state index contributed by atoms with van der Waals surface area (Å²) in [6.45, 7) is 1.93. The number of aryl methyl sites for hydroxylation is 1. The number of aromatic nitrogens is 3. The van der Waals surface area contributed by atoms with Gasteiger partial charge >= 0.3 is 5.97 Å². The molecule has 2 aromatic heterocycles. The molecule has 76 valence electrons. The third-order valence-corrected chi connectivity index (χ3v) is 1.94. The minimum atomic E-state index is -0.981. The van der Waals surface area contributed by atoms with Crippen molar-refractivity contribution >= 4 is 5.97 Å². The zero-order valence-corrected chi connectivity index (χ0v) is 8.08. The van der Waals surface area contributed by atoms with Crippen LogP contribution in [-0.4, -0.2) is 25.8 Å². The second kappa shape index (κ2) is 3.53. The predicted molar refractivity (Wildman–Crippen MR) is 53.1 cm³/mol. The maximum absolute atomic E-state index is 10.6. The Balaban J connectivity index is 2.35. The minimum Gasteiger partial charge on any atom is -0.478 e. The molecule has 0 bridgehead atoms. The van der Waals surface area contributed by atoms with Gasteiger partial charge < -0.3 is 5.11 Å². The Morgan fingerprint density at radius 2 is 2.20 bits per heavy atom. The summed E-state index contributed by atoms with van der Waals surface area (Å²) in [6, 6.07) is 3.12. The van der Waals surface area contributed by atoms with Gasteiger partial charge in [0.25, 0.3) is 0 Å². The SMILES string of the molecule is Cc1cnn(-c2ccc(C(=O)O)cn2)c1. The molecule has 5 heteroatoms. The standard InChI is InChI=1S/C10H9N3O2/c1-7-4-12-13(6-7)9-3-2-8(5-11-9)10(14)15/h2-6H,1H3,(H,14,15). The van der Waals surface area contributed by atoms with E-state index in [4.69, 9.17) is 5.11 Å². The van der Waals surface area contributed by atoms with E-state index in [0.717, 1.165) is 5.56 Å². The Bertz CT molecular complexity index is 488. The van der Waals surface area contributed by atoms with Gasteiger partial charge in [0, 0.05) is 12.4 Å². The van der Waals surface area contributed by atoms with Gasteiger partial charge in [-0.05, 0) is 24.6 Å². The first kappa shape index (κ1) is 9.39. The highest BCUT2D eigenvalue weighted by Crippen LogP contribution is 2.06. The molecule has 0 fully saturated rings. The van der Waals surface area contributed by atoms with Crippen LogP contribution in [0.4, 0.5) is 0 Å². The molecular weight excluding hydrogens is 194 g/mol. The Morgan fingerprint density at radius 1 is 1.40 bits per heavy atom. The quantitative estimate of drug-likeness (QED) is 0.798. The van der Waals surface area contributed by atoms with E-state index in [0.29, 0.717) is 5.82 Å². The average molecular weight is 203 g/mol. The van der Waals surface area contributed by atoms with Crippen LogP contribution in [-0.2, 0) is 0 Å². The van der Waals surface area contributed by atoms with Crippen LogP contribution in [0.2, 0.25) is 0 Å². The van der Waals surface area contributed by atoms with Crippen LogP contribution < -0.4 is 0 Å². The van der Waals surface area contributed by atoms with Crippen LogP contribution in [0.1, 0.15) is 15.9 Å². The highest BCUT2D eigenvalue weighted by molar-refractivity contribution is 5.87. The summed E-state index contributed by atoms with van der Waals surface area (Å²) >= 11 is 0. The summed E-state index contributed by atoms with van der Waals surface area (Å²) < 4.78 is 1.60. The zero-order chi connectivity index (χ0) is 10.8. The number of pyridine rings is 1. The molecule has 0 saturated heterocycles. The Morgan fingerprint density at radius 3 is 2.67 bits per heavy atom. The van der Waals surface area contributed by atoms with Gasteiger partial charge in [-0.15, -0.1) is 0 Å². The van der Waals surface area contributed by atoms with Crippen LogP contribution in [0, 0.1) is 6.92 Å². The van der Waals surface area contributed by atoms with Crippen molar-refractivity contribution in [1.82, 2.24) is 14.8 Å². The summed E-state index contributed by atoms with van der Waals surface area (Å²) in [4.78, 5) is 14.6. The van der Waals surface area contributed by atoms with Crippen molar-refractivity contribution < 1.29 is 9.90 Å². The summed E-state index contributed by atoms with van der Waals surface area (Å²) in [7, 11) is 0. The number of carboxylic acids is 1. The number of hydrogen-bond donors (Lipinski definition) is 1. The summed E-state index contributed by atoms with van der Waals surface area (Å²) in [5, 5.41) is 12.8. The Kier molecular flexibility index (Phi) is 2.21. The van der Waals surface area contributed by atoms with Crippen molar-refractivity contribution in [2.75, 3.05) is 0 Å². The number of aromatic carboxylic acids is 1. The molecule has 0 amide bonds. The molecule has 15 heavy (non-hydrogen) atoms. The molecule has 0 aliphatic carbocycles. The first-order valence-electron chi connectivity index (χ1n) is 4.38. The molecule has 0 aromatic carbocycles. The molecule has 2 rings (SSSR count). The lowest BCUT2D eigenvalue weighted by Gasteiger charge is -1.99. The normalized spacial score (nSPS) is 10.2. The molecule has 1 N–H and O–H groups in total.